The van der Waals surface area contributed by atoms with Crippen molar-refractivity contribution in [1.82, 2.24) is 0 Å². The molecule has 2 rings (SSSR count). The standard InChI is InChI=1S/C15H23NO3S/c1-4-19-10-15(16)13(14(15)20(17,18)5-2)12-8-6-11(3)7-9-12/h6-9,13-14H,4-5,10,16H2,1-3H3. The summed E-state index contributed by atoms with van der Waals surface area (Å²) in [6, 6.07) is 7.92. The molecule has 1 aromatic rings. The maximum Gasteiger partial charge on any atom is 0.155 e. The highest BCUT2D eigenvalue weighted by atomic mass is 32.2. The van der Waals surface area contributed by atoms with Gasteiger partial charge in [-0.05, 0) is 19.4 Å². The molecule has 1 aliphatic rings. The Kier molecular flexibility index (Phi) is 4.23. The Balaban J connectivity index is 2.32. The molecule has 1 saturated carbocycles. The van der Waals surface area contributed by atoms with Gasteiger partial charge in [-0.3, -0.25) is 0 Å². The molecule has 0 aliphatic heterocycles. The van der Waals surface area contributed by atoms with Gasteiger partial charge in [0.25, 0.3) is 0 Å². The summed E-state index contributed by atoms with van der Waals surface area (Å²) in [5.41, 5.74) is 7.69. The second kappa shape index (κ2) is 5.47. The van der Waals surface area contributed by atoms with Gasteiger partial charge in [0.05, 0.1) is 17.4 Å². The van der Waals surface area contributed by atoms with Crippen LogP contribution in [0.1, 0.15) is 30.9 Å². The van der Waals surface area contributed by atoms with Crippen molar-refractivity contribution in [2.45, 2.75) is 37.5 Å². The lowest BCUT2D eigenvalue weighted by molar-refractivity contribution is 0.125. The van der Waals surface area contributed by atoms with Crippen LogP contribution in [0.2, 0.25) is 0 Å². The summed E-state index contributed by atoms with van der Waals surface area (Å²) in [5.74, 6) is -0.0509. The Morgan fingerprint density at radius 3 is 2.35 bits per heavy atom. The molecule has 4 nitrogen and oxygen atoms in total. The van der Waals surface area contributed by atoms with E-state index in [0.29, 0.717) is 6.61 Å². The monoisotopic (exact) mass is 297 g/mol. The molecule has 5 heteroatoms. The normalized spacial score (nSPS) is 29.4. The minimum atomic E-state index is -3.18. The molecule has 1 fully saturated rings. The van der Waals surface area contributed by atoms with Gasteiger partial charge in [-0.15, -0.1) is 0 Å². The number of ether oxygens (including phenoxy) is 1. The molecule has 3 atom stereocenters. The molecular weight excluding hydrogens is 274 g/mol. The summed E-state index contributed by atoms with van der Waals surface area (Å²) in [7, 11) is -3.18. The predicted octanol–water partition coefficient (Wildman–Crippen LogP) is 1.63. The number of hydrogen-bond acceptors (Lipinski definition) is 4. The summed E-state index contributed by atoms with van der Waals surface area (Å²) < 4.78 is 29.9. The smallest absolute Gasteiger partial charge is 0.155 e. The van der Waals surface area contributed by atoms with E-state index in [0.717, 1.165) is 11.1 Å². The Morgan fingerprint density at radius 2 is 1.85 bits per heavy atom. The summed E-state index contributed by atoms with van der Waals surface area (Å²) in [6.45, 7) is 6.38. The average Bonchev–Trinajstić information content (AvgIpc) is 3.05. The number of hydrogen-bond donors (Lipinski definition) is 1. The first-order chi connectivity index (χ1) is 9.36. The van der Waals surface area contributed by atoms with Gasteiger partial charge in [-0.2, -0.15) is 0 Å². The maximum absolute atomic E-state index is 12.3. The van der Waals surface area contributed by atoms with E-state index in [1.165, 1.54) is 0 Å². The third-order valence-electron chi connectivity index (χ3n) is 4.08. The minimum absolute atomic E-state index is 0.116. The fourth-order valence-corrected chi connectivity index (χ4v) is 4.84. The molecule has 2 N–H and O–H groups in total. The van der Waals surface area contributed by atoms with E-state index < -0.39 is 20.6 Å². The fraction of sp³-hybridized carbons (Fsp3) is 0.600. The lowest BCUT2D eigenvalue weighted by Gasteiger charge is -2.12. The van der Waals surface area contributed by atoms with Gasteiger partial charge in [0, 0.05) is 18.3 Å². The lowest BCUT2D eigenvalue weighted by Crippen LogP contribution is -2.36. The predicted molar refractivity (Wildman–Crippen MR) is 80.6 cm³/mol. The van der Waals surface area contributed by atoms with Crippen LogP contribution in [0.4, 0.5) is 0 Å². The second-order valence-electron chi connectivity index (χ2n) is 5.51. The van der Waals surface area contributed by atoms with E-state index >= 15 is 0 Å². The van der Waals surface area contributed by atoms with Gasteiger partial charge in [0.15, 0.2) is 9.84 Å². The first-order valence-corrected chi connectivity index (χ1v) is 8.73. The first kappa shape index (κ1) is 15.5. The largest absolute Gasteiger partial charge is 0.380 e. The molecule has 0 spiro atoms. The van der Waals surface area contributed by atoms with E-state index in [1.807, 2.05) is 38.1 Å². The van der Waals surface area contributed by atoms with Crippen LogP contribution in [0.15, 0.2) is 24.3 Å². The summed E-state index contributed by atoms with van der Waals surface area (Å²) in [4.78, 5) is 0. The van der Waals surface area contributed by atoms with Crippen molar-refractivity contribution >= 4 is 9.84 Å². The minimum Gasteiger partial charge on any atom is -0.380 e. The van der Waals surface area contributed by atoms with Crippen molar-refractivity contribution in [2.75, 3.05) is 19.0 Å². The highest BCUT2D eigenvalue weighted by molar-refractivity contribution is 7.92. The summed E-state index contributed by atoms with van der Waals surface area (Å²) in [5, 5.41) is -0.533. The van der Waals surface area contributed by atoms with Crippen molar-refractivity contribution in [3.8, 4) is 0 Å². The van der Waals surface area contributed by atoms with Crippen molar-refractivity contribution in [1.29, 1.82) is 0 Å². The Bertz CT molecular complexity index is 567. The third kappa shape index (κ3) is 2.62. The molecule has 1 aliphatic carbocycles. The van der Waals surface area contributed by atoms with E-state index in [-0.39, 0.29) is 18.3 Å². The maximum atomic E-state index is 12.3. The summed E-state index contributed by atoms with van der Waals surface area (Å²) >= 11 is 0. The molecular formula is C15H23NO3S. The van der Waals surface area contributed by atoms with Crippen LogP contribution in [0.5, 0.6) is 0 Å². The zero-order chi connectivity index (χ0) is 15.0. The SMILES string of the molecule is CCOCC1(N)C(c2ccc(C)cc2)C1S(=O)(=O)CC. The van der Waals surface area contributed by atoms with E-state index in [1.54, 1.807) is 6.92 Å². The molecule has 0 radical (unpaired) electrons. The van der Waals surface area contributed by atoms with Crippen LogP contribution in [0, 0.1) is 6.92 Å². The third-order valence-corrected chi connectivity index (χ3v) is 6.37. The van der Waals surface area contributed by atoms with Gasteiger partial charge in [-0.25, -0.2) is 8.42 Å². The van der Waals surface area contributed by atoms with Crippen LogP contribution < -0.4 is 5.73 Å². The van der Waals surface area contributed by atoms with Crippen LogP contribution in [0.25, 0.3) is 0 Å². The highest BCUT2D eigenvalue weighted by Gasteiger charge is 2.68. The van der Waals surface area contributed by atoms with E-state index in [9.17, 15) is 8.42 Å². The van der Waals surface area contributed by atoms with Crippen LogP contribution >= 0.6 is 0 Å². The zero-order valence-electron chi connectivity index (χ0n) is 12.3. The molecule has 0 heterocycles. The Labute approximate surface area is 121 Å². The molecule has 0 amide bonds. The van der Waals surface area contributed by atoms with Gasteiger partial charge in [-0.1, -0.05) is 36.8 Å². The number of aryl methyl sites for hydroxylation is 1. The van der Waals surface area contributed by atoms with Gasteiger partial charge < -0.3 is 10.5 Å². The molecule has 0 saturated heterocycles. The number of rotatable bonds is 6. The highest BCUT2D eigenvalue weighted by Crippen LogP contribution is 2.54. The zero-order valence-corrected chi connectivity index (χ0v) is 13.1. The van der Waals surface area contributed by atoms with Gasteiger partial charge in [0.2, 0.25) is 0 Å². The number of sulfone groups is 1. The molecule has 0 bridgehead atoms. The molecule has 1 aromatic carbocycles. The Hall–Kier alpha value is -0.910. The van der Waals surface area contributed by atoms with Crippen molar-refractivity contribution < 1.29 is 13.2 Å². The van der Waals surface area contributed by atoms with E-state index in [4.69, 9.17) is 10.5 Å². The number of nitrogens with two attached hydrogens (primary N) is 1. The van der Waals surface area contributed by atoms with Crippen molar-refractivity contribution in [3.05, 3.63) is 35.4 Å². The van der Waals surface area contributed by atoms with Crippen LogP contribution in [-0.4, -0.2) is 38.2 Å². The second-order valence-corrected chi connectivity index (χ2v) is 7.92. The molecule has 0 aromatic heterocycles. The quantitative estimate of drug-likeness (QED) is 0.866. The first-order valence-electron chi connectivity index (χ1n) is 7.01. The van der Waals surface area contributed by atoms with Crippen molar-refractivity contribution in [3.63, 3.8) is 0 Å². The molecule has 112 valence electrons. The van der Waals surface area contributed by atoms with Crippen LogP contribution in [0.3, 0.4) is 0 Å². The average molecular weight is 297 g/mol. The van der Waals surface area contributed by atoms with E-state index in [2.05, 4.69) is 0 Å². The lowest BCUT2D eigenvalue weighted by atomic mass is 10.1. The molecule has 3 unspecified atom stereocenters. The van der Waals surface area contributed by atoms with Crippen LogP contribution in [-0.2, 0) is 14.6 Å². The van der Waals surface area contributed by atoms with Gasteiger partial charge >= 0.3 is 0 Å². The topological polar surface area (TPSA) is 69.4 Å². The van der Waals surface area contributed by atoms with Crippen molar-refractivity contribution in [2.24, 2.45) is 5.73 Å². The molecule has 20 heavy (non-hydrogen) atoms. The fourth-order valence-electron chi connectivity index (χ4n) is 2.85. The van der Waals surface area contributed by atoms with Gasteiger partial charge in [0.1, 0.15) is 0 Å². The summed E-state index contributed by atoms with van der Waals surface area (Å²) in [6.07, 6.45) is 0. The number of benzene rings is 1. The Morgan fingerprint density at radius 1 is 1.25 bits per heavy atom.